The first kappa shape index (κ1) is 11.0. The molecule has 0 saturated carbocycles. The van der Waals surface area contributed by atoms with Gasteiger partial charge in [0.1, 0.15) is 15.8 Å². The lowest BCUT2D eigenvalue weighted by Crippen LogP contribution is -1.80. The largest absolute Gasteiger partial charge is 0.206 e. The second-order valence-corrected chi connectivity index (χ2v) is 4.95. The van der Waals surface area contributed by atoms with Gasteiger partial charge in [-0.1, -0.05) is 11.3 Å². The zero-order valence-electron chi connectivity index (χ0n) is 7.38. The molecule has 1 heterocycles. The Balaban J connectivity index is 2.40. The van der Waals surface area contributed by atoms with Crippen LogP contribution in [0.1, 0.15) is 5.01 Å². The summed E-state index contributed by atoms with van der Waals surface area (Å²) >= 11 is 10.1. The van der Waals surface area contributed by atoms with Gasteiger partial charge < -0.3 is 0 Å². The van der Waals surface area contributed by atoms with E-state index in [0.29, 0.717) is 10.4 Å². The Labute approximate surface area is 103 Å². The molecule has 2 aromatic rings. The van der Waals surface area contributed by atoms with E-state index in [0.717, 1.165) is 15.6 Å². The second-order valence-electron chi connectivity index (χ2n) is 2.76. The van der Waals surface area contributed by atoms with Gasteiger partial charge in [-0.05, 0) is 34.1 Å². The SMILES string of the molecule is Fc1ccc(-c2nnc(CCl)s2)cc1Br. The molecular formula is C9H5BrClFN2S. The summed E-state index contributed by atoms with van der Waals surface area (Å²) in [6.07, 6.45) is 0. The molecule has 0 aliphatic rings. The molecule has 0 amide bonds. The summed E-state index contributed by atoms with van der Waals surface area (Å²) in [6, 6.07) is 4.73. The molecule has 0 aliphatic heterocycles. The summed E-state index contributed by atoms with van der Waals surface area (Å²) in [6.45, 7) is 0. The highest BCUT2D eigenvalue weighted by Gasteiger charge is 2.07. The fourth-order valence-electron chi connectivity index (χ4n) is 1.05. The molecule has 0 N–H and O–H groups in total. The average molecular weight is 308 g/mol. The lowest BCUT2D eigenvalue weighted by atomic mass is 10.2. The number of halogens is 3. The Morgan fingerprint density at radius 2 is 2.20 bits per heavy atom. The van der Waals surface area contributed by atoms with Crippen LogP contribution in [-0.4, -0.2) is 10.2 Å². The summed E-state index contributed by atoms with van der Waals surface area (Å²) in [5.74, 6) is 0.0564. The van der Waals surface area contributed by atoms with Gasteiger partial charge in [0.15, 0.2) is 0 Å². The predicted molar refractivity (Wildman–Crippen MR) is 62.6 cm³/mol. The minimum atomic E-state index is -0.291. The van der Waals surface area contributed by atoms with Crippen LogP contribution < -0.4 is 0 Å². The Morgan fingerprint density at radius 1 is 1.40 bits per heavy atom. The van der Waals surface area contributed by atoms with Crippen molar-refractivity contribution >= 4 is 38.9 Å². The van der Waals surface area contributed by atoms with Crippen molar-refractivity contribution in [1.29, 1.82) is 0 Å². The number of hydrogen-bond donors (Lipinski definition) is 0. The highest BCUT2D eigenvalue weighted by atomic mass is 79.9. The average Bonchev–Trinajstić information content (AvgIpc) is 2.70. The molecular weight excluding hydrogens is 303 g/mol. The molecule has 15 heavy (non-hydrogen) atoms. The molecule has 2 rings (SSSR count). The van der Waals surface area contributed by atoms with E-state index in [1.807, 2.05) is 0 Å². The van der Waals surface area contributed by atoms with Gasteiger partial charge in [0, 0.05) is 5.56 Å². The fraction of sp³-hybridized carbons (Fsp3) is 0.111. The third-order valence-corrected chi connectivity index (χ3v) is 3.74. The van der Waals surface area contributed by atoms with E-state index in [4.69, 9.17) is 11.6 Å². The van der Waals surface area contributed by atoms with Crippen molar-refractivity contribution in [2.75, 3.05) is 0 Å². The number of aromatic nitrogens is 2. The van der Waals surface area contributed by atoms with E-state index in [1.165, 1.54) is 17.4 Å². The Bertz CT molecular complexity index is 489. The molecule has 0 bridgehead atoms. The van der Waals surface area contributed by atoms with Crippen molar-refractivity contribution in [3.05, 3.63) is 33.5 Å². The first-order chi connectivity index (χ1) is 7.20. The molecule has 0 spiro atoms. The van der Waals surface area contributed by atoms with E-state index in [2.05, 4.69) is 26.1 Å². The number of hydrogen-bond acceptors (Lipinski definition) is 3. The van der Waals surface area contributed by atoms with Crippen molar-refractivity contribution in [3.8, 4) is 10.6 Å². The second kappa shape index (κ2) is 4.55. The molecule has 0 saturated heterocycles. The van der Waals surface area contributed by atoms with Crippen molar-refractivity contribution in [2.24, 2.45) is 0 Å². The molecule has 1 aromatic carbocycles. The van der Waals surface area contributed by atoms with Crippen molar-refractivity contribution < 1.29 is 4.39 Å². The minimum Gasteiger partial charge on any atom is -0.206 e. The molecule has 0 fully saturated rings. The molecule has 78 valence electrons. The predicted octanol–water partition coefficient (Wildman–Crippen LogP) is 3.85. The van der Waals surface area contributed by atoms with Gasteiger partial charge in [0.25, 0.3) is 0 Å². The normalized spacial score (nSPS) is 10.6. The van der Waals surface area contributed by atoms with Crippen LogP contribution in [0, 0.1) is 5.82 Å². The standard InChI is InChI=1S/C9H5BrClFN2S/c10-6-3-5(1-2-7(6)12)9-14-13-8(4-11)15-9/h1-3H,4H2. The summed E-state index contributed by atoms with van der Waals surface area (Å²) in [4.78, 5) is 0. The maximum Gasteiger partial charge on any atom is 0.147 e. The van der Waals surface area contributed by atoms with E-state index >= 15 is 0 Å². The van der Waals surface area contributed by atoms with Gasteiger partial charge in [-0.2, -0.15) is 0 Å². The molecule has 0 atom stereocenters. The maximum absolute atomic E-state index is 13.0. The van der Waals surface area contributed by atoms with Gasteiger partial charge in [-0.25, -0.2) is 4.39 Å². The van der Waals surface area contributed by atoms with Crippen molar-refractivity contribution in [2.45, 2.75) is 5.88 Å². The van der Waals surface area contributed by atoms with Crippen LogP contribution in [0.5, 0.6) is 0 Å². The zero-order valence-corrected chi connectivity index (χ0v) is 10.5. The zero-order chi connectivity index (χ0) is 10.8. The quantitative estimate of drug-likeness (QED) is 0.788. The minimum absolute atomic E-state index is 0.291. The van der Waals surface area contributed by atoms with Crippen molar-refractivity contribution in [1.82, 2.24) is 10.2 Å². The van der Waals surface area contributed by atoms with Crippen LogP contribution >= 0.6 is 38.9 Å². The fourth-order valence-corrected chi connectivity index (χ4v) is 2.34. The van der Waals surface area contributed by atoms with Crippen LogP contribution in [0.2, 0.25) is 0 Å². The Hall–Kier alpha value is -0.520. The van der Waals surface area contributed by atoms with Crippen LogP contribution in [0.3, 0.4) is 0 Å². The smallest absolute Gasteiger partial charge is 0.147 e. The molecule has 2 nitrogen and oxygen atoms in total. The monoisotopic (exact) mass is 306 g/mol. The summed E-state index contributed by atoms with van der Waals surface area (Å²) < 4.78 is 13.4. The Morgan fingerprint density at radius 3 is 2.80 bits per heavy atom. The van der Waals surface area contributed by atoms with Gasteiger partial charge in [0.2, 0.25) is 0 Å². The van der Waals surface area contributed by atoms with Gasteiger partial charge in [-0.15, -0.1) is 21.8 Å². The van der Waals surface area contributed by atoms with Gasteiger partial charge in [-0.3, -0.25) is 0 Å². The van der Waals surface area contributed by atoms with Crippen LogP contribution in [0.4, 0.5) is 4.39 Å². The number of nitrogens with zero attached hydrogens (tertiary/aromatic N) is 2. The molecule has 0 aliphatic carbocycles. The lowest BCUT2D eigenvalue weighted by molar-refractivity contribution is 0.621. The highest BCUT2D eigenvalue weighted by Crippen LogP contribution is 2.27. The summed E-state index contributed by atoms with van der Waals surface area (Å²) in [5, 5.41) is 9.36. The summed E-state index contributed by atoms with van der Waals surface area (Å²) in [5.41, 5.74) is 0.831. The summed E-state index contributed by atoms with van der Waals surface area (Å²) in [7, 11) is 0. The third-order valence-electron chi connectivity index (χ3n) is 1.75. The van der Waals surface area contributed by atoms with E-state index < -0.39 is 0 Å². The molecule has 1 aromatic heterocycles. The van der Waals surface area contributed by atoms with Gasteiger partial charge in [0.05, 0.1) is 10.4 Å². The van der Waals surface area contributed by atoms with Crippen LogP contribution in [-0.2, 0) is 5.88 Å². The first-order valence-corrected chi connectivity index (χ1v) is 6.19. The Kier molecular flexibility index (Phi) is 3.33. The van der Waals surface area contributed by atoms with E-state index in [-0.39, 0.29) is 5.82 Å². The maximum atomic E-state index is 13.0. The molecule has 0 radical (unpaired) electrons. The topological polar surface area (TPSA) is 25.8 Å². The highest BCUT2D eigenvalue weighted by molar-refractivity contribution is 9.10. The van der Waals surface area contributed by atoms with E-state index in [9.17, 15) is 4.39 Å². The van der Waals surface area contributed by atoms with Gasteiger partial charge >= 0.3 is 0 Å². The lowest BCUT2D eigenvalue weighted by Gasteiger charge is -1.97. The number of rotatable bonds is 2. The van der Waals surface area contributed by atoms with Crippen LogP contribution in [0.25, 0.3) is 10.6 Å². The number of alkyl halides is 1. The molecule has 0 unspecified atom stereocenters. The van der Waals surface area contributed by atoms with E-state index in [1.54, 1.807) is 12.1 Å². The van der Waals surface area contributed by atoms with Crippen LogP contribution in [0.15, 0.2) is 22.7 Å². The van der Waals surface area contributed by atoms with Crippen molar-refractivity contribution in [3.63, 3.8) is 0 Å². The third kappa shape index (κ3) is 2.35. The first-order valence-electron chi connectivity index (χ1n) is 4.04. The molecule has 6 heteroatoms. The number of benzene rings is 1.